The van der Waals surface area contributed by atoms with Crippen molar-refractivity contribution in [1.29, 1.82) is 0 Å². The number of hydrogen-bond donors (Lipinski definition) is 4. The fourth-order valence-corrected chi connectivity index (χ4v) is 2.16. The molecule has 0 aliphatic rings. The van der Waals surface area contributed by atoms with Crippen LogP contribution < -0.4 is 16.0 Å². The maximum atomic E-state index is 12.0. The molecule has 0 aliphatic carbocycles. The summed E-state index contributed by atoms with van der Waals surface area (Å²) in [6, 6.07) is 5.67. The van der Waals surface area contributed by atoms with Crippen molar-refractivity contribution < 1.29 is 19.5 Å². The molecule has 2 amide bonds. The highest BCUT2D eigenvalue weighted by Gasteiger charge is 2.20. The van der Waals surface area contributed by atoms with E-state index in [4.69, 9.17) is 0 Å². The summed E-state index contributed by atoms with van der Waals surface area (Å²) in [4.78, 5) is 36.3. The summed E-state index contributed by atoms with van der Waals surface area (Å²) in [6.45, 7) is 2.77. The lowest BCUT2D eigenvalue weighted by atomic mass is 10.2. The molecule has 0 aromatic heterocycles. The topological polar surface area (TPSA) is 111 Å². The smallest absolute Gasteiger partial charge is 0.321 e. The summed E-state index contributed by atoms with van der Waals surface area (Å²) < 4.78 is 0. The highest BCUT2D eigenvalue weighted by molar-refractivity contribution is 5.94. The second-order valence-electron chi connectivity index (χ2n) is 6.01. The van der Waals surface area contributed by atoms with E-state index in [1.807, 2.05) is 19.0 Å². The van der Waals surface area contributed by atoms with Crippen molar-refractivity contribution in [3.05, 3.63) is 24.3 Å². The lowest BCUT2D eigenvalue weighted by Gasteiger charge is -2.15. The number of anilines is 2. The number of nitrogens with zero attached hydrogens (tertiary/aromatic N) is 1. The van der Waals surface area contributed by atoms with Gasteiger partial charge in [-0.05, 0) is 57.9 Å². The summed E-state index contributed by atoms with van der Waals surface area (Å²) in [5, 5.41) is 17.4. The molecule has 0 spiro atoms. The Morgan fingerprint density at radius 3 is 2.12 bits per heavy atom. The van der Waals surface area contributed by atoms with Crippen molar-refractivity contribution in [2.75, 3.05) is 37.8 Å². The van der Waals surface area contributed by atoms with Crippen LogP contribution in [0.1, 0.15) is 19.8 Å². The zero-order chi connectivity index (χ0) is 18.8. The summed E-state index contributed by atoms with van der Waals surface area (Å²) in [5.74, 6) is -1.62. The quantitative estimate of drug-likeness (QED) is 0.468. The van der Waals surface area contributed by atoms with Gasteiger partial charge in [0.05, 0.1) is 6.42 Å². The van der Waals surface area contributed by atoms with Gasteiger partial charge >= 0.3 is 5.97 Å². The number of rotatable bonds is 10. The summed E-state index contributed by atoms with van der Waals surface area (Å²) in [7, 11) is 3.89. The zero-order valence-electron chi connectivity index (χ0n) is 14.8. The van der Waals surface area contributed by atoms with Gasteiger partial charge < -0.3 is 26.0 Å². The molecule has 1 aromatic carbocycles. The average Bonchev–Trinajstić information content (AvgIpc) is 2.51. The molecule has 4 N–H and O–H groups in total. The van der Waals surface area contributed by atoms with Gasteiger partial charge in [0.2, 0.25) is 11.8 Å². The first kappa shape index (κ1) is 20.6. The number of carbonyl (C=O) groups excluding carboxylic acids is 2. The van der Waals surface area contributed by atoms with E-state index >= 15 is 0 Å². The number of amides is 2. The third-order valence-corrected chi connectivity index (χ3v) is 3.35. The fraction of sp³-hybridized carbons (Fsp3) is 0.471. The van der Waals surface area contributed by atoms with Gasteiger partial charge in [0.15, 0.2) is 0 Å². The fourth-order valence-electron chi connectivity index (χ4n) is 2.16. The number of carboxylic acid groups (broad SMARTS) is 1. The predicted molar refractivity (Wildman–Crippen MR) is 96.6 cm³/mol. The van der Waals surface area contributed by atoms with E-state index in [-0.39, 0.29) is 18.2 Å². The lowest BCUT2D eigenvalue weighted by Crippen LogP contribution is -2.40. The predicted octanol–water partition coefficient (Wildman–Crippen LogP) is 0.968. The normalized spacial score (nSPS) is 11.8. The molecule has 1 aromatic rings. The molecular formula is C17H26N4O4. The molecule has 138 valence electrons. The Kier molecular flexibility index (Phi) is 8.59. The minimum Gasteiger partial charge on any atom is -0.480 e. The Morgan fingerprint density at radius 2 is 1.64 bits per heavy atom. The summed E-state index contributed by atoms with van der Waals surface area (Å²) >= 11 is 0. The Labute approximate surface area is 147 Å². The standard InChI is InChI=1S/C17H26N4O4/c1-12(22)19-13-5-7-14(8-6-13)20-16(23)11-15(17(24)25)18-9-4-10-21(2)3/h5-8,15,18H,4,9-11H2,1-3H3,(H,19,22)(H,20,23)(H,24,25)/t15-/m0/s1. The van der Waals surface area contributed by atoms with Crippen LogP contribution in [0.4, 0.5) is 11.4 Å². The summed E-state index contributed by atoms with van der Waals surface area (Å²) in [6.07, 6.45) is 0.633. The van der Waals surface area contributed by atoms with E-state index in [0.29, 0.717) is 17.9 Å². The van der Waals surface area contributed by atoms with Gasteiger partial charge in [-0.3, -0.25) is 14.4 Å². The molecule has 0 saturated heterocycles. The van der Waals surface area contributed by atoms with Gasteiger partial charge in [0.25, 0.3) is 0 Å². The van der Waals surface area contributed by atoms with E-state index < -0.39 is 12.0 Å². The number of carboxylic acids is 1. The molecule has 0 radical (unpaired) electrons. The van der Waals surface area contributed by atoms with Gasteiger partial charge in [-0.25, -0.2) is 0 Å². The van der Waals surface area contributed by atoms with E-state index in [1.165, 1.54) is 6.92 Å². The van der Waals surface area contributed by atoms with Crippen molar-refractivity contribution >= 4 is 29.2 Å². The third kappa shape index (κ3) is 8.83. The highest BCUT2D eigenvalue weighted by Crippen LogP contribution is 2.14. The van der Waals surface area contributed by atoms with Gasteiger partial charge in [-0.15, -0.1) is 0 Å². The lowest BCUT2D eigenvalue weighted by molar-refractivity contribution is -0.141. The zero-order valence-corrected chi connectivity index (χ0v) is 14.8. The molecule has 0 saturated carbocycles. The Bertz CT molecular complexity index is 587. The molecule has 0 heterocycles. The highest BCUT2D eigenvalue weighted by atomic mass is 16.4. The Balaban J connectivity index is 2.48. The number of hydrogen-bond acceptors (Lipinski definition) is 5. The van der Waals surface area contributed by atoms with Gasteiger partial charge in [-0.1, -0.05) is 0 Å². The minimum atomic E-state index is -1.05. The van der Waals surface area contributed by atoms with Gasteiger partial charge in [0, 0.05) is 18.3 Å². The second-order valence-corrected chi connectivity index (χ2v) is 6.01. The number of benzene rings is 1. The van der Waals surface area contributed by atoms with Crippen LogP contribution in [0.5, 0.6) is 0 Å². The molecule has 0 fully saturated rings. The second kappa shape index (κ2) is 10.4. The molecule has 8 nitrogen and oxygen atoms in total. The monoisotopic (exact) mass is 350 g/mol. The first-order chi connectivity index (χ1) is 11.8. The van der Waals surface area contributed by atoms with E-state index in [9.17, 15) is 19.5 Å². The third-order valence-electron chi connectivity index (χ3n) is 3.35. The van der Waals surface area contributed by atoms with Crippen LogP contribution >= 0.6 is 0 Å². The molecule has 0 aliphatic heterocycles. The van der Waals surface area contributed by atoms with E-state index in [1.54, 1.807) is 24.3 Å². The van der Waals surface area contributed by atoms with Crippen LogP contribution in [-0.4, -0.2) is 61.0 Å². The van der Waals surface area contributed by atoms with Gasteiger partial charge in [0.1, 0.15) is 6.04 Å². The Hall–Kier alpha value is -2.45. The molecule has 8 heteroatoms. The van der Waals surface area contributed by atoms with Crippen molar-refractivity contribution in [1.82, 2.24) is 10.2 Å². The van der Waals surface area contributed by atoms with Crippen molar-refractivity contribution in [2.24, 2.45) is 0 Å². The van der Waals surface area contributed by atoms with Crippen molar-refractivity contribution in [3.63, 3.8) is 0 Å². The molecule has 25 heavy (non-hydrogen) atoms. The molecule has 1 rings (SSSR count). The molecule has 0 bridgehead atoms. The van der Waals surface area contributed by atoms with Crippen LogP contribution in [0.15, 0.2) is 24.3 Å². The van der Waals surface area contributed by atoms with Crippen molar-refractivity contribution in [2.45, 2.75) is 25.8 Å². The number of nitrogens with one attached hydrogen (secondary N) is 3. The molecule has 1 atom stereocenters. The van der Waals surface area contributed by atoms with Crippen LogP contribution in [0.25, 0.3) is 0 Å². The molecular weight excluding hydrogens is 324 g/mol. The maximum absolute atomic E-state index is 12.0. The van der Waals surface area contributed by atoms with E-state index in [0.717, 1.165) is 13.0 Å². The summed E-state index contributed by atoms with van der Waals surface area (Å²) in [5.41, 5.74) is 1.16. The Morgan fingerprint density at radius 1 is 1.08 bits per heavy atom. The van der Waals surface area contributed by atoms with Crippen molar-refractivity contribution in [3.8, 4) is 0 Å². The SMILES string of the molecule is CC(=O)Nc1ccc(NC(=O)C[C@H](NCCCN(C)C)C(=O)O)cc1. The van der Waals surface area contributed by atoms with Crippen LogP contribution in [0.2, 0.25) is 0 Å². The first-order valence-corrected chi connectivity index (χ1v) is 8.06. The van der Waals surface area contributed by atoms with Crippen LogP contribution in [0, 0.1) is 0 Å². The van der Waals surface area contributed by atoms with Crippen LogP contribution in [0.3, 0.4) is 0 Å². The maximum Gasteiger partial charge on any atom is 0.321 e. The largest absolute Gasteiger partial charge is 0.480 e. The minimum absolute atomic E-state index is 0.162. The number of carbonyl (C=O) groups is 3. The average molecular weight is 350 g/mol. The van der Waals surface area contributed by atoms with Gasteiger partial charge in [-0.2, -0.15) is 0 Å². The van der Waals surface area contributed by atoms with Crippen LogP contribution in [-0.2, 0) is 14.4 Å². The molecule has 0 unspecified atom stereocenters. The number of aliphatic carboxylic acids is 1. The van der Waals surface area contributed by atoms with E-state index in [2.05, 4.69) is 16.0 Å². The first-order valence-electron chi connectivity index (χ1n) is 8.06.